The van der Waals surface area contributed by atoms with Gasteiger partial charge in [-0.2, -0.15) is 0 Å². The fourth-order valence-corrected chi connectivity index (χ4v) is 3.93. The molecule has 7 nitrogen and oxygen atoms in total. The van der Waals surface area contributed by atoms with E-state index in [2.05, 4.69) is 10.6 Å². The highest BCUT2D eigenvalue weighted by Crippen LogP contribution is 2.27. The van der Waals surface area contributed by atoms with Crippen LogP contribution < -0.4 is 10.6 Å². The molecular formula is C18H23N5O2. The monoisotopic (exact) mass is 341 g/mol. The molecule has 0 bridgehead atoms. The molecule has 2 saturated heterocycles. The maximum Gasteiger partial charge on any atom is 0.254 e. The van der Waals surface area contributed by atoms with Crippen LogP contribution in [0.25, 0.3) is 10.9 Å². The predicted molar refractivity (Wildman–Crippen MR) is 95.8 cm³/mol. The molecule has 1 spiro atoms. The molecule has 2 aliphatic rings. The molecule has 7 heteroatoms. The van der Waals surface area contributed by atoms with Gasteiger partial charge in [-0.1, -0.05) is 6.07 Å². The molecule has 132 valence electrons. The van der Waals surface area contributed by atoms with E-state index in [-0.39, 0.29) is 18.1 Å². The number of carbonyl (C=O) groups is 1. The van der Waals surface area contributed by atoms with Gasteiger partial charge in [-0.05, 0) is 31.0 Å². The fraction of sp³-hybridized carbons (Fsp3) is 0.444. The van der Waals surface area contributed by atoms with Crippen molar-refractivity contribution in [1.29, 1.82) is 5.41 Å². The second-order valence-corrected chi connectivity index (χ2v) is 6.90. The minimum absolute atomic E-state index is 0.0585. The van der Waals surface area contributed by atoms with E-state index in [4.69, 9.17) is 5.41 Å². The minimum atomic E-state index is -0.0790. The third-order valence-electron chi connectivity index (χ3n) is 5.39. The Bertz CT molecular complexity index is 820. The summed E-state index contributed by atoms with van der Waals surface area (Å²) in [6, 6.07) is 7.71. The number of hydrogen-bond acceptors (Lipinski definition) is 3. The molecule has 0 atom stereocenters. The molecule has 25 heavy (non-hydrogen) atoms. The lowest BCUT2D eigenvalue weighted by atomic mass is 9.88. The van der Waals surface area contributed by atoms with Crippen LogP contribution >= 0.6 is 0 Å². The van der Waals surface area contributed by atoms with Gasteiger partial charge in [0.25, 0.3) is 5.91 Å². The number of nitrogens with one attached hydrogen (secondary N) is 3. The van der Waals surface area contributed by atoms with Gasteiger partial charge >= 0.3 is 0 Å². The average Bonchev–Trinajstić information content (AvgIpc) is 3.19. The first-order chi connectivity index (χ1) is 12.1. The summed E-state index contributed by atoms with van der Waals surface area (Å²) in [5.74, 6) is 0.443. The number of aliphatic hydroxyl groups excluding tert-OH is 1. The summed E-state index contributed by atoms with van der Waals surface area (Å²) >= 11 is 0. The maximum absolute atomic E-state index is 13.0. The number of nitrogens with zero attached hydrogens (tertiary/aromatic N) is 2. The molecule has 4 rings (SSSR count). The van der Waals surface area contributed by atoms with Crippen molar-refractivity contribution >= 4 is 22.8 Å². The summed E-state index contributed by atoms with van der Waals surface area (Å²) in [6.45, 7) is 2.74. The summed E-state index contributed by atoms with van der Waals surface area (Å²) < 4.78 is 1.97. The van der Waals surface area contributed by atoms with E-state index >= 15 is 0 Å². The molecule has 2 aromatic rings. The number of aliphatic hydroxyl groups is 1. The Balaban J connectivity index is 1.54. The Morgan fingerprint density at radius 1 is 1.28 bits per heavy atom. The van der Waals surface area contributed by atoms with Gasteiger partial charge in [-0.3, -0.25) is 10.2 Å². The van der Waals surface area contributed by atoms with Gasteiger partial charge in [-0.25, -0.2) is 0 Å². The lowest BCUT2D eigenvalue weighted by Crippen LogP contribution is -2.53. The first-order valence-electron chi connectivity index (χ1n) is 8.70. The number of amides is 1. The summed E-state index contributed by atoms with van der Waals surface area (Å²) in [7, 11) is 0. The van der Waals surface area contributed by atoms with Crippen molar-refractivity contribution in [2.24, 2.45) is 0 Å². The Morgan fingerprint density at radius 2 is 2.08 bits per heavy atom. The van der Waals surface area contributed by atoms with E-state index < -0.39 is 0 Å². The van der Waals surface area contributed by atoms with Crippen LogP contribution in [0.2, 0.25) is 0 Å². The zero-order valence-corrected chi connectivity index (χ0v) is 14.1. The number of rotatable bonds is 3. The number of carbonyl (C=O) groups excluding carboxylic acids is 1. The highest BCUT2D eigenvalue weighted by Gasteiger charge is 2.40. The van der Waals surface area contributed by atoms with E-state index in [1.165, 1.54) is 0 Å². The minimum Gasteiger partial charge on any atom is -0.395 e. The topological polar surface area (TPSA) is 93.4 Å². The SMILES string of the molecule is N=C1NCC2(CCN(C(=O)c3cccc4c3ccn4CCO)CC2)N1. The van der Waals surface area contributed by atoms with E-state index in [9.17, 15) is 9.90 Å². The number of fused-ring (bicyclic) bond motifs is 1. The third-order valence-corrected chi connectivity index (χ3v) is 5.39. The van der Waals surface area contributed by atoms with Crippen molar-refractivity contribution in [3.05, 3.63) is 36.0 Å². The Hall–Kier alpha value is -2.54. The quantitative estimate of drug-likeness (QED) is 0.662. The standard InChI is InChI=1S/C18H23N5O2/c19-17-20-12-18(21-17)5-8-23(9-6-18)16(25)14-2-1-3-15-13(14)4-7-22(15)10-11-24/h1-4,7,24H,5-6,8-12H2,(H3,19,20,21). The van der Waals surface area contributed by atoms with Gasteiger partial charge in [0.2, 0.25) is 0 Å². The average molecular weight is 341 g/mol. The molecule has 0 saturated carbocycles. The maximum atomic E-state index is 13.0. The predicted octanol–water partition coefficient (Wildman–Crippen LogP) is 0.736. The van der Waals surface area contributed by atoms with Crippen molar-refractivity contribution in [2.75, 3.05) is 26.2 Å². The van der Waals surface area contributed by atoms with Gasteiger partial charge in [0.05, 0.1) is 12.1 Å². The number of likely N-dealkylation sites (tertiary alicyclic amines) is 1. The van der Waals surface area contributed by atoms with Crippen LogP contribution in [0.1, 0.15) is 23.2 Å². The largest absolute Gasteiger partial charge is 0.395 e. The smallest absolute Gasteiger partial charge is 0.254 e. The van der Waals surface area contributed by atoms with E-state index in [0.29, 0.717) is 25.6 Å². The van der Waals surface area contributed by atoms with Crippen molar-refractivity contribution in [3.8, 4) is 0 Å². The van der Waals surface area contributed by atoms with E-state index in [1.54, 1.807) is 0 Å². The highest BCUT2D eigenvalue weighted by molar-refractivity contribution is 6.06. The van der Waals surface area contributed by atoms with Gasteiger partial charge in [-0.15, -0.1) is 0 Å². The summed E-state index contributed by atoms with van der Waals surface area (Å²) in [5, 5.41) is 24.1. The van der Waals surface area contributed by atoms with Crippen LogP contribution in [0.15, 0.2) is 30.5 Å². The molecule has 3 heterocycles. The molecule has 0 aliphatic carbocycles. The molecule has 2 aliphatic heterocycles. The van der Waals surface area contributed by atoms with Crippen LogP contribution in [0.3, 0.4) is 0 Å². The van der Waals surface area contributed by atoms with Crippen molar-refractivity contribution in [1.82, 2.24) is 20.1 Å². The van der Waals surface area contributed by atoms with Gasteiger partial charge in [0.1, 0.15) is 0 Å². The molecule has 1 aromatic carbocycles. The lowest BCUT2D eigenvalue weighted by Gasteiger charge is -2.38. The highest BCUT2D eigenvalue weighted by atomic mass is 16.3. The van der Waals surface area contributed by atoms with Crippen molar-refractivity contribution < 1.29 is 9.90 Å². The summed E-state index contributed by atoms with van der Waals surface area (Å²) in [5.41, 5.74) is 1.61. The van der Waals surface area contributed by atoms with Crippen LogP contribution in [-0.2, 0) is 6.54 Å². The fourth-order valence-electron chi connectivity index (χ4n) is 3.93. The third kappa shape index (κ3) is 2.74. The zero-order valence-electron chi connectivity index (χ0n) is 14.1. The Labute approximate surface area is 146 Å². The van der Waals surface area contributed by atoms with Crippen LogP contribution in [0.4, 0.5) is 0 Å². The molecule has 0 unspecified atom stereocenters. The van der Waals surface area contributed by atoms with Gasteiger partial charge in [0, 0.05) is 48.8 Å². The number of hydrogen-bond donors (Lipinski definition) is 4. The van der Waals surface area contributed by atoms with Crippen molar-refractivity contribution in [3.63, 3.8) is 0 Å². The second kappa shape index (κ2) is 6.07. The van der Waals surface area contributed by atoms with Gasteiger partial charge < -0.3 is 25.2 Å². The number of guanidine groups is 1. The molecule has 0 radical (unpaired) electrons. The number of benzene rings is 1. The van der Waals surface area contributed by atoms with Crippen molar-refractivity contribution in [2.45, 2.75) is 24.9 Å². The first kappa shape index (κ1) is 16.0. The molecule has 4 N–H and O–H groups in total. The Morgan fingerprint density at radius 3 is 2.76 bits per heavy atom. The number of piperidine rings is 1. The summed E-state index contributed by atoms with van der Waals surface area (Å²) in [4.78, 5) is 14.9. The van der Waals surface area contributed by atoms with E-state index in [0.717, 1.165) is 35.9 Å². The Kier molecular flexibility index (Phi) is 3.88. The normalized spacial score (nSPS) is 19.2. The van der Waals surface area contributed by atoms with Crippen LogP contribution in [0, 0.1) is 5.41 Å². The molecule has 1 aromatic heterocycles. The second-order valence-electron chi connectivity index (χ2n) is 6.90. The van der Waals surface area contributed by atoms with Crippen LogP contribution in [-0.4, -0.2) is 58.2 Å². The zero-order chi connectivity index (χ0) is 17.4. The molecule has 1 amide bonds. The lowest BCUT2D eigenvalue weighted by molar-refractivity contribution is 0.0671. The molecule has 2 fully saturated rings. The first-order valence-corrected chi connectivity index (χ1v) is 8.70. The van der Waals surface area contributed by atoms with Crippen LogP contribution in [0.5, 0.6) is 0 Å². The molecular weight excluding hydrogens is 318 g/mol. The summed E-state index contributed by atoms with van der Waals surface area (Å²) in [6.07, 6.45) is 3.60. The van der Waals surface area contributed by atoms with E-state index in [1.807, 2.05) is 39.9 Å². The number of aromatic nitrogens is 1. The van der Waals surface area contributed by atoms with Gasteiger partial charge in [0.15, 0.2) is 5.96 Å².